The van der Waals surface area contributed by atoms with Crippen LogP contribution in [0.3, 0.4) is 0 Å². The molecule has 0 spiro atoms. The van der Waals surface area contributed by atoms with E-state index in [2.05, 4.69) is 5.10 Å². The monoisotopic (exact) mass is 342 g/mol. The molecule has 1 heterocycles. The molecule has 1 aromatic heterocycles. The zero-order chi connectivity index (χ0) is 17.3. The lowest BCUT2D eigenvalue weighted by Gasteiger charge is -2.03. The number of fused-ring (bicyclic) bond motifs is 1. The molecule has 0 N–H and O–H groups in total. The first-order chi connectivity index (χ1) is 11.5. The standard InChI is InChI=1S/C18H15ClN2O3/c1-11(22)9-16-15-10-14(24-2)7-8-17(15)21(20-16)18(23)12-3-5-13(19)6-4-12/h3-8,10H,9H2,1-2H3. The smallest absolute Gasteiger partial charge is 0.278 e. The molecule has 0 unspecified atom stereocenters. The first-order valence-corrected chi connectivity index (χ1v) is 7.72. The lowest BCUT2D eigenvalue weighted by Crippen LogP contribution is -2.14. The van der Waals surface area contributed by atoms with Crippen LogP contribution in [-0.2, 0) is 11.2 Å². The number of benzene rings is 2. The van der Waals surface area contributed by atoms with Crippen LogP contribution in [0.25, 0.3) is 10.9 Å². The van der Waals surface area contributed by atoms with Gasteiger partial charge in [0.2, 0.25) is 0 Å². The number of methoxy groups -OCH3 is 1. The van der Waals surface area contributed by atoms with Gasteiger partial charge < -0.3 is 4.74 Å². The summed E-state index contributed by atoms with van der Waals surface area (Å²) >= 11 is 5.87. The highest BCUT2D eigenvalue weighted by atomic mass is 35.5. The van der Waals surface area contributed by atoms with Crippen LogP contribution in [0.15, 0.2) is 42.5 Å². The van der Waals surface area contributed by atoms with Gasteiger partial charge in [-0.25, -0.2) is 0 Å². The van der Waals surface area contributed by atoms with Crippen LogP contribution in [0.4, 0.5) is 0 Å². The van der Waals surface area contributed by atoms with Gasteiger partial charge in [0.25, 0.3) is 5.91 Å². The van der Waals surface area contributed by atoms with Crippen molar-refractivity contribution in [2.45, 2.75) is 13.3 Å². The first kappa shape index (κ1) is 16.2. The fourth-order valence-corrected chi connectivity index (χ4v) is 2.65. The largest absolute Gasteiger partial charge is 0.497 e. The zero-order valence-electron chi connectivity index (χ0n) is 13.2. The fourth-order valence-electron chi connectivity index (χ4n) is 2.52. The molecular weight excluding hydrogens is 328 g/mol. The number of Topliss-reactive ketones (excluding diaryl/α,β-unsaturated/α-hetero) is 1. The molecular formula is C18H15ClN2O3. The highest BCUT2D eigenvalue weighted by Gasteiger charge is 2.18. The minimum Gasteiger partial charge on any atom is -0.497 e. The fraction of sp³-hybridized carbons (Fsp3) is 0.167. The summed E-state index contributed by atoms with van der Waals surface area (Å²) in [5, 5.41) is 5.64. The number of hydrogen-bond donors (Lipinski definition) is 0. The summed E-state index contributed by atoms with van der Waals surface area (Å²) in [6, 6.07) is 11.9. The normalized spacial score (nSPS) is 10.8. The van der Waals surface area contributed by atoms with E-state index < -0.39 is 0 Å². The van der Waals surface area contributed by atoms with Crippen LogP contribution in [0.2, 0.25) is 5.02 Å². The lowest BCUT2D eigenvalue weighted by molar-refractivity contribution is -0.116. The third-order valence-electron chi connectivity index (χ3n) is 3.66. The minimum atomic E-state index is -0.281. The number of ether oxygens (including phenoxy) is 1. The quantitative estimate of drug-likeness (QED) is 0.727. The SMILES string of the molecule is COc1ccc2c(c1)c(CC(C)=O)nn2C(=O)c1ccc(Cl)cc1. The lowest BCUT2D eigenvalue weighted by atomic mass is 10.1. The molecule has 0 bridgehead atoms. The number of halogens is 1. The van der Waals surface area contributed by atoms with Crippen LogP contribution >= 0.6 is 11.6 Å². The highest BCUT2D eigenvalue weighted by molar-refractivity contribution is 6.30. The molecule has 3 aromatic rings. The van der Waals surface area contributed by atoms with Gasteiger partial charge >= 0.3 is 0 Å². The molecule has 0 fully saturated rings. The predicted octanol–water partition coefficient (Wildman–Crippen LogP) is 3.52. The van der Waals surface area contributed by atoms with E-state index >= 15 is 0 Å². The number of ketones is 1. The van der Waals surface area contributed by atoms with Crippen molar-refractivity contribution in [1.82, 2.24) is 9.78 Å². The van der Waals surface area contributed by atoms with E-state index in [1.165, 1.54) is 11.6 Å². The van der Waals surface area contributed by atoms with Crippen LogP contribution in [0.1, 0.15) is 23.0 Å². The molecule has 0 saturated carbocycles. The first-order valence-electron chi connectivity index (χ1n) is 7.35. The van der Waals surface area contributed by atoms with Crippen molar-refractivity contribution in [1.29, 1.82) is 0 Å². The van der Waals surface area contributed by atoms with Gasteiger partial charge in [-0.15, -0.1) is 0 Å². The number of aromatic nitrogens is 2. The second kappa shape index (κ2) is 6.45. The van der Waals surface area contributed by atoms with Gasteiger partial charge in [-0.05, 0) is 49.4 Å². The summed E-state index contributed by atoms with van der Waals surface area (Å²) in [6.45, 7) is 1.49. The molecule has 3 rings (SSSR count). The van der Waals surface area contributed by atoms with Crippen molar-refractivity contribution in [3.05, 3.63) is 58.7 Å². The molecule has 0 aliphatic rings. The summed E-state index contributed by atoms with van der Waals surface area (Å²) in [6.07, 6.45) is 0.157. The van der Waals surface area contributed by atoms with Gasteiger partial charge in [-0.1, -0.05) is 11.6 Å². The number of rotatable bonds is 4. The summed E-state index contributed by atoms with van der Waals surface area (Å²) in [7, 11) is 1.56. The maximum Gasteiger partial charge on any atom is 0.278 e. The minimum absolute atomic E-state index is 0.0247. The second-order valence-electron chi connectivity index (χ2n) is 5.43. The van der Waals surface area contributed by atoms with Gasteiger partial charge in [-0.2, -0.15) is 9.78 Å². The summed E-state index contributed by atoms with van der Waals surface area (Å²) in [5.74, 6) is 0.339. The molecule has 24 heavy (non-hydrogen) atoms. The van der Waals surface area contributed by atoms with Gasteiger partial charge in [0.1, 0.15) is 11.5 Å². The molecule has 2 aromatic carbocycles. The number of nitrogens with zero attached hydrogens (tertiary/aromatic N) is 2. The Hall–Kier alpha value is -2.66. The molecule has 0 radical (unpaired) electrons. The molecule has 0 amide bonds. The average molecular weight is 343 g/mol. The Bertz CT molecular complexity index is 929. The molecule has 0 aliphatic carbocycles. The van der Waals surface area contributed by atoms with Crippen molar-refractivity contribution in [2.24, 2.45) is 0 Å². The number of carbonyl (C=O) groups excluding carboxylic acids is 2. The van der Waals surface area contributed by atoms with E-state index in [1.807, 2.05) is 0 Å². The van der Waals surface area contributed by atoms with Gasteiger partial charge in [0.05, 0.1) is 24.7 Å². The van der Waals surface area contributed by atoms with E-state index in [4.69, 9.17) is 16.3 Å². The Balaban J connectivity index is 2.15. The maximum absolute atomic E-state index is 12.8. The molecule has 122 valence electrons. The maximum atomic E-state index is 12.8. The van der Waals surface area contributed by atoms with E-state index in [0.29, 0.717) is 27.5 Å². The van der Waals surface area contributed by atoms with Crippen LogP contribution < -0.4 is 4.74 Å². The Labute approximate surface area is 143 Å². The van der Waals surface area contributed by atoms with Crippen molar-refractivity contribution < 1.29 is 14.3 Å². The number of hydrogen-bond acceptors (Lipinski definition) is 4. The molecule has 0 atom stereocenters. The van der Waals surface area contributed by atoms with Gasteiger partial charge in [-0.3, -0.25) is 9.59 Å². The molecule has 0 saturated heterocycles. The van der Waals surface area contributed by atoms with E-state index in [1.54, 1.807) is 49.6 Å². The summed E-state index contributed by atoms with van der Waals surface area (Å²) in [4.78, 5) is 24.3. The van der Waals surface area contributed by atoms with Crippen LogP contribution in [-0.4, -0.2) is 28.6 Å². The Morgan fingerprint density at radius 1 is 1.17 bits per heavy atom. The number of carbonyl (C=O) groups is 2. The second-order valence-corrected chi connectivity index (χ2v) is 5.87. The van der Waals surface area contributed by atoms with E-state index in [0.717, 1.165) is 5.39 Å². The van der Waals surface area contributed by atoms with E-state index in [9.17, 15) is 9.59 Å². The Kier molecular flexibility index (Phi) is 4.36. The van der Waals surface area contributed by atoms with Crippen molar-refractivity contribution >= 4 is 34.2 Å². The van der Waals surface area contributed by atoms with Crippen molar-refractivity contribution in [3.8, 4) is 5.75 Å². The zero-order valence-corrected chi connectivity index (χ0v) is 14.0. The van der Waals surface area contributed by atoms with Crippen LogP contribution in [0, 0.1) is 0 Å². The third-order valence-corrected chi connectivity index (χ3v) is 3.92. The van der Waals surface area contributed by atoms with Crippen LogP contribution in [0.5, 0.6) is 5.75 Å². The van der Waals surface area contributed by atoms with Crippen molar-refractivity contribution in [3.63, 3.8) is 0 Å². The average Bonchev–Trinajstić information content (AvgIpc) is 2.92. The predicted molar refractivity (Wildman–Crippen MR) is 91.9 cm³/mol. The summed E-state index contributed by atoms with van der Waals surface area (Å²) < 4.78 is 6.54. The van der Waals surface area contributed by atoms with Crippen molar-refractivity contribution in [2.75, 3.05) is 7.11 Å². The molecule has 0 aliphatic heterocycles. The van der Waals surface area contributed by atoms with Gasteiger partial charge in [0.15, 0.2) is 0 Å². The van der Waals surface area contributed by atoms with Gasteiger partial charge in [0, 0.05) is 16.0 Å². The highest BCUT2D eigenvalue weighted by Crippen LogP contribution is 2.25. The Morgan fingerprint density at radius 3 is 2.50 bits per heavy atom. The van der Waals surface area contributed by atoms with E-state index in [-0.39, 0.29) is 18.1 Å². The summed E-state index contributed by atoms with van der Waals surface area (Å²) in [5.41, 5.74) is 1.65. The third kappa shape index (κ3) is 3.03. The molecule has 6 heteroatoms. The Morgan fingerprint density at radius 2 is 1.88 bits per heavy atom. The molecule has 5 nitrogen and oxygen atoms in total. The topological polar surface area (TPSA) is 61.2 Å².